The van der Waals surface area contributed by atoms with Crippen LogP contribution in [0.3, 0.4) is 0 Å². The number of methoxy groups -OCH3 is 1. The van der Waals surface area contributed by atoms with Crippen molar-refractivity contribution in [3.05, 3.63) is 88.7 Å². The standard InChI is InChI=1S/C25H21ClFN3O3S/c1-33-19-10-11-22-20(14-19)25(23(31)29(22)15-16-4-2-3-5-21(16)26)30(12-13-34-25)24(32)28-18-8-6-17(27)7-9-18/h2-11,14H,12-13,15H2,1H3,(H,28,32). The molecule has 3 aromatic rings. The maximum atomic E-state index is 14.1. The Morgan fingerprint density at radius 2 is 1.94 bits per heavy atom. The fraction of sp³-hybridized carbons (Fsp3) is 0.200. The van der Waals surface area contributed by atoms with Crippen molar-refractivity contribution in [3.8, 4) is 5.75 Å². The van der Waals surface area contributed by atoms with Crippen LogP contribution in [0.15, 0.2) is 66.7 Å². The molecular weight excluding hydrogens is 477 g/mol. The number of hydrogen-bond acceptors (Lipinski definition) is 4. The number of carbonyl (C=O) groups is 2. The summed E-state index contributed by atoms with van der Waals surface area (Å²) in [7, 11) is 1.56. The number of anilines is 2. The smallest absolute Gasteiger partial charge is 0.323 e. The zero-order valence-electron chi connectivity index (χ0n) is 18.3. The Hall–Kier alpha value is -3.23. The molecule has 0 radical (unpaired) electrons. The number of thioether (sulfide) groups is 1. The molecule has 34 heavy (non-hydrogen) atoms. The second-order valence-electron chi connectivity index (χ2n) is 7.95. The lowest BCUT2D eigenvalue weighted by Gasteiger charge is -2.33. The van der Waals surface area contributed by atoms with E-state index >= 15 is 0 Å². The topological polar surface area (TPSA) is 61.9 Å². The second kappa shape index (κ2) is 8.85. The van der Waals surface area contributed by atoms with Crippen molar-refractivity contribution >= 4 is 46.7 Å². The van der Waals surface area contributed by atoms with Gasteiger partial charge in [-0.2, -0.15) is 0 Å². The number of halogens is 2. The highest BCUT2D eigenvalue weighted by Crippen LogP contribution is 2.55. The Morgan fingerprint density at radius 3 is 2.68 bits per heavy atom. The summed E-state index contributed by atoms with van der Waals surface area (Å²) in [5, 5.41) is 3.37. The Kier molecular flexibility index (Phi) is 5.87. The highest BCUT2D eigenvalue weighted by atomic mass is 35.5. The number of nitrogens with zero attached hydrogens (tertiary/aromatic N) is 2. The van der Waals surface area contributed by atoms with Gasteiger partial charge in [0.2, 0.25) is 0 Å². The normalized spacial score (nSPS) is 19.0. The lowest BCUT2D eigenvalue weighted by atomic mass is 10.1. The molecule has 174 valence electrons. The van der Waals surface area contributed by atoms with Crippen LogP contribution < -0.4 is 15.0 Å². The predicted octanol–water partition coefficient (Wildman–Crippen LogP) is 5.47. The van der Waals surface area contributed by atoms with Crippen LogP contribution in [-0.4, -0.2) is 36.2 Å². The Labute approximate surface area is 205 Å². The molecule has 1 spiro atoms. The molecule has 0 bridgehead atoms. The minimum Gasteiger partial charge on any atom is -0.497 e. The van der Waals surface area contributed by atoms with Crippen LogP contribution >= 0.6 is 23.4 Å². The molecule has 9 heteroatoms. The van der Waals surface area contributed by atoms with Crippen LogP contribution in [0.2, 0.25) is 5.02 Å². The first-order valence-electron chi connectivity index (χ1n) is 10.7. The van der Waals surface area contributed by atoms with E-state index in [1.54, 1.807) is 29.0 Å². The summed E-state index contributed by atoms with van der Waals surface area (Å²) in [5.41, 5.74) is 2.66. The highest BCUT2D eigenvalue weighted by Gasteiger charge is 2.59. The molecule has 6 nitrogen and oxygen atoms in total. The molecule has 0 aromatic heterocycles. The van der Waals surface area contributed by atoms with Gasteiger partial charge in [-0.05, 0) is 54.1 Å². The van der Waals surface area contributed by atoms with E-state index in [0.29, 0.717) is 40.0 Å². The summed E-state index contributed by atoms with van der Waals surface area (Å²) in [6.45, 7) is 0.646. The maximum Gasteiger partial charge on any atom is 0.323 e. The number of benzene rings is 3. The number of amides is 3. The number of hydrogen-bond donors (Lipinski definition) is 1. The fourth-order valence-corrected chi connectivity index (χ4v) is 6.05. The third-order valence-corrected chi connectivity index (χ3v) is 7.82. The quantitative estimate of drug-likeness (QED) is 0.519. The van der Waals surface area contributed by atoms with Crippen molar-refractivity contribution in [2.75, 3.05) is 29.6 Å². The first kappa shape index (κ1) is 22.6. The van der Waals surface area contributed by atoms with Crippen LogP contribution in [0, 0.1) is 5.82 Å². The molecule has 0 saturated carbocycles. The van der Waals surface area contributed by atoms with Crippen LogP contribution in [0.25, 0.3) is 0 Å². The van der Waals surface area contributed by atoms with Gasteiger partial charge in [0.05, 0.1) is 19.3 Å². The summed E-state index contributed by atoms with van der Waals surface area (Å²) < 4.78 is 18.7. The minimum atomic E-state index is -1.24. The van der Waals surface area contributed by atoms with Crippen LogP contribution in [0.5, 0.6) is 5.75 Å². The van der Waals surface area contributed by atoms with Crippen molar-refractivity contribution in [1.82, 2.24) is 4.90 Å². The fourth-order valence-electron chi connectivity index (χ4n) is 4.40. The molecule has 3 amide bonds. The summed E-state index contributed by atoms with van der Waals surface area (Å²) in [6, 6.07) is 17.9. The molecule has 0 aliphatic carbocycles. The minimum absolute atomic E-state index is 0.215. The van der Waals surface area contributed by atoms with Crippen LogP contribution in [-0.2, 0) is 16.2 Å². The van der Waals surface area contributed by atoms with Crippen LogP contribution in [0.4, 0.5) is 20.6 Å². The molecule has 2 heterocycles. The number of nitrogens with one attached hydrogen (secondary N) is 1. The number of fused-ring (bicyclic) bond motifs is 2. The number of carbonyl (C=O) groups excluding carboxylic acids is 2. The van der Waals surface area contributed by atoms with E-state index in [4.69, 9.17) is 16.3 Å². The monoisotopic (exact) mass is 497 g/mol. The average Bonchev–Trinajstić information content (AvgIpc) is 3.39. The van der Waals surface area contributed by atoms with E-state index in [1.165, 1.54) is 36.0 Å². The summed E-state index contributed by atoms with van der Waals surface area (Å²) in [4.78, 5) is 29.4. The molecule has 1 saturated heterocycles. The van der Waals surface area contributed by atoms with Gasteiger partial charge in [0.25, 0.3) is 5.91 Å². The number of ether oxygens (including phenoxy) is 1. The molecule has 1 unspecified atom stereocenters. The Bertz CT molecular complexity index is 1270. The van der Waals surface area contributed by atoms with Crippen molar-refractivity contribution in [3.63, 3.8) is 0 Å². The molecule has 1 N–H and O–H groups in total. The van der Waals surface area contributed by atoms with Crippen molar-refractivity contribution in [2.45, 2.75) is 11.4 Å². The first-order chi connectivity index (χ1) is 16.4. The third-order valence-electron chi connectivity index (χ3n) is 6.03. The van der Waals surface area contributed by atoms with Gasteiger partial charge >= 0.3 is 6.03 Å². The van der Waals surface area contributed by atoms with Gasteiger partial charge < -0.3 is 15.0 Å². The molecule has 1 atom stereocenters. The number of rotatable bonds is 4. The van der Waals surface area contributed by atoms with E-state index in [9.17, 15) is 14.0 Å². The predicted molar refractivity (Wildman–Crippen MR) is 132 cm³/mol. The zero-order valence-corrected chi connectivity index (χ0v) is 19.8. The van der Waals surface area contributed by atoms with Gasteiger partial charge in [0, 0.05) is 28.6 Å². The molecule has 2 aliphatic heterocycles. The lowest BCUT2D eigenvalue weighted by molar-refractivity contribution is -0.123. The van der Waals surface area contributed by atoms with E-state index in [0.717, 1.165) is 5.56 Å². The Morgan fingerprint density at radius 1 is 1.18 bits per heavy atom. The van der Waals surface area contributed by atoms with E-state index < -0.39 is 16.7 Å². The van der Waals surface area contributed by atoms with Crippen molar-refractivity contribution in [1.29, 1.82) is 0 Å². The second-order valence-corrected chi connectivity index (χ2v) is 9.64. The zero-order chi connectivity index (χ0) is 23.9. The summed E-state index contributed by atoms with van der Waals surface area (Å²) in [6.07, 6.45) is 0. The summed E-state index contributed by atoms with van der Waals surface area (Å²) in [5.74, 6) is 0.567. The molecule has 2 aliphatic rings. The highest BCUT2D eigenvalue weighted by molar-refractivity contribution is 8.01. The lowest BCUT2D eigenvalue weighted by Crippen LogP contribution is -2.51. The third kappa shape index (κ3) is 3.67. The van der Waals surface area contributed by atoms with Gasteiger partial charge in [-0.15, -0.1) is 11.8 Å². The number of urea groups is 1. The Balaban J connectivity index is 1.55. The largest absolute Gasteiger partial charge is 0.497 e. The van der Waals surface area contributed by atoms with Crippen molar-refractivity contribution in [2.24, 2.45) is 0 Å². The first-order valence-corrected chi connectivity index (χ1v) is 12.0. The van der Waals surface area contributed by atoms with Gasteiger partial charge in [-0.1, -0.05) is 29.8 Å². The average molecular weight is 498 g/mol. The van der Waals surface area contributed by atoms with E-state index in [2.05, 4.69) is 5.32 Å². The van der Waals surface area contributed by atoms with E-state index in [1.807, 2.05) is 30.3 Å². The van der Waals surface area contributed by atoms with Crippen molar-refractivity contribution < 1.29 is 18.7 Å². The maximum absolute atomic E-state index is 14.1. The van der Waals surface area contributed by atoms with Gasteiger partial charge in [-0.3, -0.25) is 9.69 Å². The molecule has 3 aromatic carbocycles. The summed E-state index contributed by atoms with van der Waals surface area (Å²) >= 11 is 7.81. The van der Waals surface area contributed by atoms with Gasteiger partial charge in [-0.25, -0.2) is 9.18 Å². The van der Waals surface area contributed by atoms with Gasteiger partial charge in [0.1, 0.15) is 11.6 Å². The van der Waals surface area contributed by atoms with Gasteiger partial charge in [0.15, 0.2) is 4.87 Å². The molecule has 1 fully saturated rings. The van der Waals surface area contributed by atoms with Crippen LogP contribution in [0.1, 0.15) is 11.1 Å². The SMILES string of the molecule is COc1ccc2c(c1)C1(SCCN1C(=O)Nc1ccc(F)cc1)C(=O)N2Cc1ccccc1Cl. The molecule has 5 rings (SSSR count). The van der Waals surface area contributed by atoms with E-state index in [-0.39, 0.29) is 12.5 Å². The molecular formula is C25H21ClFN3O3S.